The van der Waals surface area contributed by atoms with Gasteiger partial charge in [0, 0.05) is 18.8 Å². The van der Waals surface area contributed by atoms with Crippen molar-refractivity contribution in [3.8, 4) is 5.75 Å². The van der Waals surface area contributed by atoms with Gasteiger partial charge in [-0.2, -0.15) is 8.42 Å². The Morgan fingerprint density at radius 2 is 1.85 bits per heavy atom. The summed E-state index contributed by atoms with van der Waals surface area (Å²) < 4.78 is 50.8. The number of halogens is 2. The molecule has 0 radical (unpaired) electrons. The molecule has 0 fully saturated rings. The van der Waals surface area contributed by atoms with Gasteiger partial charge in [0.1, 0.15) is 11.6 Å². The van der Waals surface area contributed by atoms with Gasteiger partial charge < -0.3 is 14.4 Å². The van der Waals surface area contributed by atoms with E-state index in [4.69, 9.17) is 0 Å². The third kappa shape index (κ3) is 6.52. The van der Waals surface area contributed by atoms with E-state index in [0.717, 1.165) is 17.5 Å². The highest BCUT2D eigenvalue weighted by Crippen LogP contribution is 2.19. The van der Waals surface area contributed by atoms with Crippen LogP contribution in [0.25, 0.3) is 0 Å². The van der Waals surface area contributed by atoms with Gasteiger partial charge in [0.2, 0.25) is 0 Å². The molecule has 2 amide bonds. The molecule has 2 aromatic rings. The first-order valence-corrected chi connectivity index (χ1v) is 9.54. The summed E-state index contributed by atoms with van der Waals surface area (Å²) in [6, 6.07) is 9.27. The average Bonchev–Trinajstić information content (AvgIpc) is 2.57. The Bertz CT molecular complexity index is 902. The SMILES string of the molecule is CCCN(Cc1ccc(F)cc1C)C(=O)Nc1ccc(OS(=O)(=O)F)cc1. The normalized spacial score (nSPS) is 11.1. The van der Waals surface area contributed by atoms with E-state index in [9.17, 15) is 21.5 Å². The maximum atomic E-state index is 13.3. The van der Waals surface area contributed by atoms with Crippen LogP contribution in [-0.2, 0) is 17.0 Å². The van der Waals surface area contributed by atoms with E-state index in [-0.39, 0.29) is 17.6 Å². The van der Waals surface area contributed by atoms with Crippen molar-refractivity contribution in [1.82, 2.24) is 4.90 Å². The van der Waals surface area contributed by atoms with E-state index in [1.54, 1.807) is 17.9 Å². The lowest BCUT2D eigenvalue weighted by Gasteiger charge is -2.23. The molecule has 0 aliphatic heterocycles. The molecule has 2 rings (SSSR count). The van der Waals surface area contributed by atoms with Crippen LogP contribution in [0, 0.1) is 12.7 Å². The van der Waals surface area contributed by atoms with Gasteiger partial charge in [-0.1, -0.05) is 16.9 Å². The van der Waals surface area contributed by atoms with Gasteiger partial charge >= 0.3 is 16.5 Å². The molecule has 1 N–H and O–H groups in total. The zero-order valence-corrected chi connectivity index (χ0v) is 15.7. The zero-order chi connectivity index (χ0) is 20.0. The maximum Gasteiger partial charge on any atom is 0.488 e. The lowest BCUT2D eigenvalue weighted by atomic mass is 10.1. The molecule has 0 spiro atoms. The molecule has 0 aliphatic rings. The highest BCUT2D eigenvalue weighted by atomic mass is 32.3. The first-order valence-electron chi connectivity index (χ1n) is 8.23. The first-order chi connectivity index (χ1) is 12.7. The molecule has 0 atom stereocenters. The number of carbonyl (C=O) groups excluding carboxylic acids is 1. The number of hydrogen-bond donors (Lipinski definition) is 1. The summed E-state index contributed by atoms with van der Waals surface area (Å²) in [5, 5.41) is 2.68. The van der Waals surface area contributed by atoms with Gasteiger partial charge in [-0.15, -0.1) is 0 Å². The molecule has 2 aromatic carbocycles. The van der Waals surface area contributed by atoms with Crippen molar-refractivity contribution in [2.45, 2.75) is 26.8 Å². The number of rotatable bonds is 7. The summed E-state index contributed by atoms with van der Waals surface area (Å²) in [6.07, 6.45) is 0.731. The predicted molar refractivity (Wildman–Crippen MR) is 98.0 cm³/mol. The minimum Gasteiger partial charge on any atom is -0.358 e. The van der Waals surface area contributed by atoms with Crippen LogP contribution in [-0.4, -0.2) is 25.9 Å². The number of benzene rings is 2. The van der Waals surface area contributed by atoms with Crippen molar-refractivity contribution in [1.29, 1.82) is 0 Å². The van der Waals surface area contributed by atoms with E-state index in [2.05, 4.69) is 9.50 Å². The molecule has 146 valence electrons. The molecule has 0 heterocycles. The van der Waals surface area contributed by atoms with E-state index in [1.807, 2.05) is 6.92 Å². The molecule has 0 saturated carbocycles. The van der Waals surface area contributed by atoms with Crippen molar-refractivity contribution in [3.05, 3.63) is 59.4 Å². The Morgan fingerprint density at radius 1 is 1.19 bits per heavy atom. The predicted octanol–water partition coefficient (Wildman–Crippen LogP) is 4.17. The minimum atomic E-state index is -5.10. The van der Waals surface area contributed by atoms with Crippen LogP contribution in [0.4, 0.5) is 18.8 Å². The van der Waals surface area contributed by atoms with Crippen LogP contribution >= 0.6 is 0 Å². The number of amides is 2. The van der Waals surface area contributed by atoms with Crippen LogP contribution in [0.15, 0.2) is 42.5 Å². The van der Waals surface area contributed by atoms with Gasteiger partial charge in [0.25, 0.3) is 0 Å². The number of anilines is 1. The second kappa shape index (κ2) is 8.81. The monoisotopic (exact) mass is 398 g/mol. The minimum absolute atomic E-state index is 0.206. The van der Waals surface area contributed by atoms with Crippen molar-refractivity contribution in [2.24, 2.45) is 0 Å². The summed E-state index contributed by atoms with van der Waals surface area (Å²) in [4.78, 5) is 14.1. The Hall–Kier alpha value is -2.68. The largest absolute Gasteiger partial charge is 0.488 e. The van der Waals surface area contributed by atoms with Gasteiger partial charge in [-0.05, 0) is 60.9 Å². The molecule has 0 aliphatic carbocycles. The van der Waals surface area contributed by atoms with Crippen molar-refractivity contribution in [3.63, 3.8) is 0 Å². The highest BCUT2D eigenvalue weighted by molar-refractivity contribution is 7.81. The van der Waals surface area contributed by atoms with Crippen molar-refractivity contribution in [2.75, 3.05) is 11.9 Å². The van der Waals surface area contributed by atoms with Crippen LogP contribution in [0.5, 0.6) is 5.75 Å². The van der Waals surface area contributed by atoms with E-state index in [1.165, 1.54) is 36.4 Å². The Balaban J connectivity index is 2.08. The fourth-order valence-corrected chi connectivity index (χ4v) is 2.82. The fourth-order valence-electron chi connectivity index (χ4n) is 2.48. The third-order valence-electron chi connectivity index (χ3n) is 3.75. The van der Waals surface area contributed by atoms with Crippen LogP contribution in [0.3, 0.4) is 0 Å². The molecule has 0 aromatic heterocycles. The number of hydrogen-bond acceptors (Lipinski definition) is 4. The smallest absolute Gasteiger partial charge is 0.358 e. The fraction of sp³-hybridized carbons (Fsp3) is 0.278. The zero-order valence-electron chi connectivity index (χ0n) is 14.9. The van der Waals surface area contributed by atoms with Crippen LogP contribution < -0.4 is 9.50 Å². The van der Waals surface area contributed by atoms with Gasteiger partial charge in [0.05, 0.1) is 0 Å². The van der Waals surface area contributed by atoms with Crippen LogP contribution in [0.1, 0.15) is 24.5 Å². The maximum absolute atomic E-state index is 13.3. The molecular formula is C18H20F2N2O4S. The Kier molecular flexibility index (Phi) is 6.73. The molecule has 0 bridgehead atoms. The van der Waals surface area contributed by atoms with E-state index < -0.39 is 10.5 Å². The number of nitrogens with zero attached hydrogens (tertiary/aromatic N) is 1. The molecule has 27 heavy (non-hydrogen) atoms. The molecule has 9 heteroatoms. The second-order valence-corrected chi connectivity index (χ2v) is 6.88. The summed E-state index contributed by atoms with van der Waals surface area (Å²) in [6.45, 7) is 4.51. The molecule has 6 nitrogen and oxygen atoms in total. The van der Waals surface area contributed by atoms with Crippen molar-refractivity contribution >= 4 is 22.2 Å². The number of urea groups is 1. The Labute approximate surface area is 157 Å². The second-order valence-electron chi connectivity index (χ2n) is 5.92. The van der Waals surface area contributed by atoms with Crippen molar-refractivity contribution < 1.29 is 25.7 Å². The Morgan fingerprint density at radius 3 is 2.41 bits per heavy atom. The lowest BCUT2D eigenvalue weighted by Crippen LogP contribution is -2.35. The van der Waals surface area contributed by atoms with Crippen LogP contribution in [0.2, 0.25) is 0 Å². The summed E-state index contributed by atoms with van der Waals surface area (Å²) in [5.41, 5.74) is 1.97. The average molecular weight is 398 g/mol. The number of aryl methyl sites for hydroxylation is 1. The highest BCUT2D eigenvalue weighted by Gasteiger charge is 2.15. The standard InChI is InChI=1S/C18H20F2N2O4S/c1-3-10-22(12-14-4-5-15(19)11-13(14)2)18(23)21-16-6-8-17(9-7-16)26-27(20,24)25/h4-9,11H,3,10,12H2,1-2H3,(H,21,23). The summed E-state index contributed by atoms with van der Waals surface area (Å²) >= 11 is 0. The number of nitrogens with one attached hydrogen (secondary N) is 1. The van der Waals surface area contributed by atoms with E-state index in [0.29, 0.717) is 18.8 Å². The van der Waals surface area contributed by atoms with Gasteiger partial charge in [-0.3, -0.25) is 0 Å². The van der Waals surface area contributed by atoms with Gasteiger partial charge in [-0.25, -0.2) is 9.18 Å². The topological polar surface area (TPSA) is 75.7 Å². The molecular weight excluding hydrogens is 378 g/mol. The third-order valence-corrected chi connectivity index (χ3v) is 4.14. The molecule has 0 unspecified atom stereocenters. The first kappa shape index (κ1) is 20.6. The quantitative estimate of drug-likeness (QED) is 0.710. The lowest BCUT2D eigenvalue weighted by molar-refractivity contribution is 0.209. The molecule has 0 saturated heterocycles. The summed E-state index contributed by atoms with van der Waals surface area (Å²) in [5.74, 6) is -0.539. The summed E-state index contributed by atoms with van der Waals surface area (Å²) in [7, 11) is -5.10. The number of carbonyl (C=O) groups is 1. The van der Waals surface area contributed by atoms with Gasteiger partial charge in [0.15, 0.2) is 0 Å². The van der Waals surface area contributed by atoms with E-state index >= 15 is 0 Å².